The Morgan fingerprint density at radius 3 is 3.06 bits per heavy atom. The fourth-order valence-electron chi connectivity index (χ4n) is 1.29. The normalized spacial score (nSPS) is 16.2. The van der Waals surface area contributed by atoms with E-state index in [0.717, 1.165) is 11.4 Å². The highest BCUT2D eigenvalue weighted by atomic mass is 32.1. The zero-order valence-electron chi connectivity index (χ0n) is 9.36. The molecule has 0 bridgehead atoms. The summed E-state index contributed by atoms with van der Waals surface area (Å²) in [6.45, 7) is 2.71. The van der Waals surface area contributed by atoms with Gasteiger partial charge in [-0.05, 0) is 19.3 Å². The molecule has 88 valence electrons. The van der Waals surface area contributed by atoms with E-state index in [-0.39, 0.29) is 0 Å². The van der Waals surface area contributed by atoms with Crippen LogP contribution in [0.5, 0.6) is 0 Å². The molecule has 0 saturated heterocycles. The van der Waals surface area contributed by atoms with Crippen molar-refractivity contribution in [2.24, 2.45) is 10.8 Å². The number of hydrogen-bond acceptors (Lipinski definition) is 4. The Morgan fingerprint density at radius 1 is 1.69 bits per heavy atom. The Labute approximate surface area is 99.1 Å². The lowest BCUT2D eigenvalue weighted by molar-refractivity contribution is 0.820. The largest absolute Gasteiger partial charge is 0.353 e. The molecule has 1 aromatic rings. The quantitative estimate of drug-likeness (QED) is 0.314. The van der Waals surface area contributed by atoms with E-state index >= 15 is 0 Å². The Bertz CT molecular complexity index is 369. The molecule has 4 N–H and O–H groups in total. The molecule has 1 aromatic heterocycles. The van der Waals surface area contributed by atoms with E-state index in [0.29, 0.717) is 18.5 Å². The van der Waals surface area contributed by atoms with Gasteiger partial charge in [0.2, 0.25) is 5.96 Å². The summed E-state index contributed by atoms with van der Waals surface area (Å²) in [5.74, 6) is 6.05. The first-order valence-corrected chi connectivity index (χ1v) is 6.34. The second-order valence-electron chi connectivity index (χ2n) is 3.80. The van der Waals surface area contributed by atoms with Crippen LogP contribution in [0.15, 0.2) is 11.2 Å². The van der Waals surface area contributed by atoms with Crippen molar-refractivity contribution in [3.05, 3.63) is 16.1 Å². The van der Waals surface area contributed by atoms with Crippen LogP contribution in [0, 0.1) is 0 Å². The van der Waals surface area contributed by atoms with Gasteiger partial charge in [0.15, 0.2) is 0 Å². The van der Waals surface area contributed by atoms with Crippen molar-refractivity contribution in [1.29, 1.82) is 0 Å². The summed E-state index contributed by atoms with van der Waals surface area (Å²) in [6, 6.07) is 0.553. The summed E-state index contributed by atoms with van der Waals surface area (Å²) >= 11 is 1.71. The SMILES string of the molecule is CCc1cnc(CN=C(NN)NC2CC2)s1. The second kappa shape index (κ2) is 5.27. The van der Waals surface area contributed by atoms with Crippen molar-refractivity contribution in [2.75, 3.05) is 0 Å². The Hall–Kier alpha value is -1.14. The molecular weight excluding hydrogens is 222 g/mol. The summed E-state index contributed by atoms with van der Waals surface area (Å²) in [4.78, 5) is 9.95. The van der Waals surface area contributed by atoms with Gasteiger partial charge in [0.05, 0.1) is 6.54 Å². The predicted molar refractivity (Wildman–Crippen MR) is 66.1 cm³/mol. The summed E-state index contributed by atoms with van der Waals surface area (Å²) in [5, 5.41) is 4.25. The highest BCUT2D eigenvalue weighted by Gasteiger charge is 2.21. The van der Waals surface area contributed by atoms with Gasteiger partial charge in [-0.3, -0.25) is 5.43 Å². The van der Waals surface area contributed by atoms with Crippen molar-refractivity contribution < 1.29 is 0 Å². The monoisotopic (exact) mass is 239 g/mol. The number of nitrogens with two attached hydrogens (primary N) is 1. The first-order chi connectivity index (χ1) is 7.81. The number of thiazole rings is 1. The number of aryl methyl sites for hydroxylation is 1. The molecule has 1 aliphatic carbocycles. The number of hydrogen-bond donors (Lipinski definition) is 3. The van der Waals surface area contributed by atoms with E-state index in [9.17, 15) is 0 Å². The molecule has 1 fully saturated rings. The smallest absolute Gasteiger partial charge is 0.206 e. The number of guanidine groups is 1. The molecule has 1 heterocycles. The molecule has 0 unspecified atom stereocenters. The lowest BCUT2D eigenvalue weighted by atomic mass is 10.4. The minimum atomic E-state index is 0.553. The second-order valence-corrected chi connectivity index (χ2v) is 5.00. The summed E-state index contributed by atoms with van der Waals surface area (Å²) < 4.78 is 0. The summed E-state index contributed by atoms with van der Waals surface area (Å²) in [7, 11) is 0. The van der Waals surface area contributed by atoms with Crippen molar-refractivity contribution in [3.8, 4) is 0 Å². The fourth-order valence-corrected chi connectivity index (χ4v) is 2.07. The lowest BCUT2D eigenvalue weighted by Gasteiger charge is -2.06. The third-order valence-electron chi connectivity index (χ3n) is 2.38. The average molecular weight is 239 g/mol. The molecule has 1 saturated carbocycles. The van der Waals surface area contributed by atoms with Crippen LogP contribution in [0.3, 0.4) is 0 Å². The third-order valence-corrected chi connectivity index (χ3v) is 3.50. The lowest BCUT2D eigenvalue weighted by Crippen LogP contribution is -2.42. The molecule has 0 amide bonds. The summed E-state index contributed by atoms with van der Waals surface area (Å²) in [5.41, 5.74) is 2.58. The van der Waals surface area contributed by atoms with Crippen LogP contribution < -0.4 is 16.6 Å². The van der Waals surface area contributed by atoms with Crippen molar-refractivity contribution in [1.82, 2.24) is 15.7 Å². The molecule has 2 rings (SSSR count). The van der Waals surface area contributed by atoms with Crippen molar-refractivity contribution >= 4 is 17.3 Å². The Kier molecular flexibility index (Phi) is 3.74. The van der Waals surface area contributed by atoms with Gasteiger partial charge in [0, 0.05) is 17.1 Å². The maximum absolute atomic E-state index is 5.38. The molecule has 1 aliphatic rings. The third kappa shape index (κ3) is 3.18. The van der Waals surface area contributed by atoms with Crippen LogP contribution in [0.4, 0.5) is 0 Å². The molecule has 0 atom stereocenters. The van der Waals surface area contributed by atoms with Crippen molar-refractivity contribution in [2.45, 2.75) is 38.8 Å². The Balaban J connectivity index is 1.89. The van der Waals surface area contributed by atoms with Crippen LogP contribution in [-0.4, -0.2) is 17.0 Å². The van der Waals surface area contributed by atoms with Gasteiger partial charge in [-0.15, -0.1) is 11.3 Å². The van der Waals surface area contributed by atoms with Gasteiger partial charge >= 0.3 is 0 Å². The van der Waals surface area contributed by atoms with Gasteiger partial charge in [0.1, 0.15) is 5.01 Å². The number of nitrogens with one attached hydrogen (secondary N) is 2. The molecule has 0 aliphatic heterocycles. The first-order valence-electron chi connectivity index (χ1n) is 5.53. The van der Waals surface area contributed by atoms with Crippen LogP contribution in [0.1, 0.15) is 29.7 Å². The van der Waals surface area contributed by atoms with Gasteiger partial charge in [-0.25, -0.2) is 15.8 Å². The molecule has 5 nitrogen and oxygen atoms in total. The molecular formula is C10H17N5S. The number of nitrogens with zero attached hydrogens (tertiary/aromatic N) is 2. The maximum atomic E-state index is 5.38. The predicted octanol–water partition coefficient (Wildman–Crippen LogP) is 0.777. The number of aliphatic imine (C=N–C) groups is 1. The van der Waals surface area contributed by atoms with Gasteiger partial charge in [0.25, 0.3) is 0 Å². The highest BCUT2D eigenvalue weighted by Crippen LogP contribution is 2.18. The average Bonchev–Trinajstić information content (AvgIpc) is 3.00. The zero-order valence-corrected chi connectivity index (χ0v) is 10.2. The minimum Gasteiger partial charge on any atom is -0.353 e. The molecule has 6 heteroatoms. The minimum absolute atomic E-state index is 0.553. The van der Waals surface area contributed by atoms with Crippen molar-refractivity contribution in [3.63, 3.8) is 0 Å². The highest BCUT2D eigenvalue weighted by molar-refractivity contribution is 7.11. The van der Waals surface area contributed by atoms with Gasteiger partial charge in [-0.2, -0.15) is 0 Å². The van der Waals surface area contributed by atoms with Gasteiger partial charge in [-0.1, -0.05) is 6.92 Å². The molecule has 0 aromatic carbocycles. The zero-order chi connectivity index (χ0) is 11.4. The summed E-state index contributed by atoms with van der Waals surface area (Å²) in [6.07, 6.45) is 5.36. The Morgan fingerprint density at radius 2 is 2.50 bits per heavy atom. The van der Waals surface area contributed by atoms with Crippen LogP contribution in [0.25, 0.3) is 0 Å². The topological polar surface area (TPSA) is 75.3 Å². The van der Waals surface area contributed by atoms with E-state index in [4.69, 9.17) is 5.84 Å². The fraction of sp³-hybridized carbons (Fsp3) is 0.600. The van der Waals surface area contributed by atoms with E-state index in [1.54, 1.807) is 11.3 Å². The van der Waals surface area contributed by atoms with E-state index in [2.05, 4.69) is 27.6 Å². The van der Waals surface area contributed by atoms with E-state index in [1.807, 2.05) is 6.20 Å². The van der Waals surface area contributed by atoms with Crippen LogP contribution >= 0.6 is 11.3 Å². The molecule has 0 radical (unpaired) electrons. The van der Waals surface area contributed by atoms with E-state index < -0.39 is 0 Å². The number of hydrazine groups is 1. The van der Waals surface area contributed by atoms with Crippen LogP contribution in [0.2, 0.25) is 0 Å². The first kappa shape index (κ1) is 11.3. The molecule has 0 spiro atoms. The molecule has 16 heavy (non-hydrogen) atoms. The number of aromatic nitrogens is 1. The number of rotatable bonds is 4. The van der Waals surface area contributed by atoms with E-state index in [1.165, 1.54) is 17.7 Å². The maximum Gasteiger partial charge on any atom is 0.206 e. The standard InChI is InChI=1S/C10H17N5S/c1-2-8-5-12-9(16-8)6-13-10(15-11)14-7-3-4-7/h5,7H,2-4,6,11H2,1H3,(H2,13,14,15). The van der Waals surface area contributed by atoms with Gasteiger partial charge < -0.3 is 5.32 Å². The van der Waals surface area contributed by atoms with Crippen LogP contribution in [-0.2, 0) is 13.0 Å².